The molecule has 0 bridgehead atoms. The van der Waals surface area contributed by atoms with Crippen molar-refractivity contribution in [2.24, 2.45) is 11.3 Å². The Labute approximate surface area is 154 Å². The van der Waals surface area contributed by atoms with Gasteiger partial charge in [0.25, 0.3) is 0 Å². The molecule has 0 aliphatic carbocycles. The summed E-state index contributed by atoms with van der Waals surface area (Å²) in [5.74, 6) is 0.550. The monoisotopic (exact) mass is 353 g/mol. The van der Waals surface area contributed by atoms with Crippen LogP contribution in [0, 0.1) is 11.3 Å². The van der Waals surface area contributed by atoms with Crippen molar-refractivity contribution in [3.05, 3.63) is 17.0 Å². The molecule has 0 saturated carbocycles. The molecule has 2 N–H and O–H groups in total. The third-order valence-corrected chi connectivity index (χ3v) is 5.89. The van der Waals surface area contributed by atoms with Crippen molar-refractivity contribution in [2.45, 2.75) is 98.7 Å². The minimum absolute atomic E-state index is 0.125. The quantitative estimate of drug-likeness (QED) is 0.433. The second-order valence-electron chi connectivity index (χ2n) is 8.67. The first-order chi connectivity index (χ1) is 11.2. The lowest BCUT2D eigenvalue weighted by atomic mass is 9.69. The van der Waals surface area contributed by atoms with Gasteiger partial charge in [-0.3, -0.25) is 0 Å². The predicted molar refractivity (Wildman–Crippen MR) is 109 cm³/mol. The van der Waals surface area contributed by atoms with E-state index in [9.17, 15) is 0 Å². The molecule has 1 rings (SSSR count). The molecular weight excluding hydrogens is 314 g/mol. The zero-order chi connectivity index (χ0) is 18.2. The first-order valence-electron chi connectivity index (χ1n) is 9.65. The van der Waals surface area contributed by atoms with Crippen LogP contribution in [0.2, 0.25) is 0 Å². The van der Waals surface area contributed by atoms with Crippen LogP contribution in [0.5, 0.6) is 0 Å². The van der Waals surface area contributed by atoms with Crippen molar-refractivity contribution in [2.75, 3.05) is 5.73 Å². The van der Waals surface area contributed by atoms with Gasteiger partial charge in [0.05, 0.1) is 17.2 Å². The van der Waals surface area contributed by atoms with Gasteiger partial charge < -0.3 is 10.5 Å². The zero-order valence-corrected chi connectivity index (χ0v) is 17.6. The van der Waals surface area contributed by atoms with Crippen molar-refractivity contribution >= 4 is 16.3 Å². The summed E-state index contributed by atoms with van der Waals surface area (Å²) >= 11 is 1.63. The van der Waals surface area contributed by atoms with Crippen LogP contribution in [0.4, 0.5) is 5.00 Å². The predicted octanol–water partition coefficient (Wildman–Crippen LogP) is 7.04. The number of hydrogen-bond acceptors (Lipinski definition) is 3. The Bertz CT molecular complexity index is 459. The number of rotatable bonds is 11. The highest BCUT2D eigenvalue weighted by molar-refractivity contribution is 7.15. The smallest absolute Gasteiger partial charge is 0.0860 e. The summed E-state index contributed by atoms with van der Waals surface area (Å²) in [5.41, 5.74) is 5.95. The van der Waals surface area contributed by atoms with Gasteiger partial charge in [-0.1, -0.05) is 66.2 Å². The Hall–Kier alpha value is -0.540. The summed E-state index contributed by atoms with van der Waals surface area (Å²) in [4.78, 5) is 1.22. The van der Waals surface area contributed by atoms with E-state index >= 15 is 0 Å². The summed E-state index contributed by atoms with van der Waals surface area (Å²) in [7, 11) is 0. The maximum Gasteiger partial charge on any atom is 0.0860 e. The highest BCUT2D eigenvalue weighted by Gasteiger charge is 2.38. The lowest BCUT2D eigenvalue weighted by Gasteiger charge is -2.43. The minimum atomic E-state index is -0.125. The van der Waals surface area contributed by atoms with Crippen molar-refractivity contribution in [1.82, 2.24) is 0 Å². The Morgan fingerprint density at radius 2 is 1.62 bits per heavy atom. The third-order valence-electron chi connectivity index (χ3n) is 5.00. The van der Waals surface area contributed by atoms with E-state index in [1.165, 1.54) is 49.8 Å². The number of unbranched alkanes of at least 4 members (excludes halogenated alkanes) is 5. The second kappa shape index (κ2) is 9.82. The van der Waals surface area contributed by atoms with Gasteiger partial charge in [-0.25, -0.2) is 0 Å². The molecule has 0 aromatic carbocycles. The fraction of sp³-hybridized carbons (Fsp3) is 0.810. The van der Waals surface area contributed by atoms with Gasteiger partial charge in [0, 0.05) is 4.88 Å². The Morgan fingerprint density at radius 3 is 2.17 bits per heavy atom. The van der Waals surface area contributed by atoms with Crippen LogP contribution in [0.15, 0.2) is 12.1 Å². The number of anilines is 1. The Morgan fingerprint density at radius 1 is 1.00 bits per heavy atom. The molecule has 1 aromatic rings. The van der Waals surface area contributed by atoms with Crippen LogP contribution in [0.25, 0.3) is 0 Å². The normalized spacial score (nSPS) is 14.1. The van der Waals surface area contributed by atoms with Gasteiger partial charge in [0.1, 0.15) is 0 Å². The SMILES string of the molecule is CCCCCCCCC(C(C)(C)C)C(C)(C)OCc1ccc(N)s1. The van der Waals surface area contributed by atoms with E-state index < -0.39 is 0 Å². The van der Waals surface area contributed by atoms with E-state index in [4.69, 9.17) is 10.5 Å². The number of ether oxygens (including phenoxy) is 1. The van der Waals surface area contributed by atoms with Crippen LogP contribution in [-0.2, 0) is 11.3 Å². The lowest BCUT2D eigenvalue weighted by molar-refractivity contribution is -0.103. The van der Waals surface area contributed by atoms with Gasteiger partial charge in [-0.2, -0.15) is 0 Å². The topological polar surface area (TPSA) is 35.2 Å². The van der Waals surface area contributed by atoms with Crippen LogP contribution in [-0.4, -0.2) is 5.60 Å². The van der Waals surface area contributed by atoms with Crippen molar-refractivity contribution in [3.63, 3.8) is 0 Å². The average Bonchev–Trinajstić information content (AvgIpc) is 2.88. The number of nitrogens with two attached hydrogens (primary N) is 1. The van der Waals surface area contributed by atoms with Gasteiger partial charge in [-0.15, -0.1) is 11.3 Å². The van der Waals surface area contributed by atoms with Gasteiger partial charge in [-0.05, 0) is 43.7 Å². The molecule has 140 valence electrons. The molecule has 0 saturated heterocycles. The number of thiophene rings is 1. The summed E-state index contributed by atoms with van der Waals surface area (Å²) in [6.07, 6.45) is 9.36. The number of nitrogen functional groups attached to an aromatic ring is 1. The highest BCUT2D eigenvalue weighted by Crippen LogP contribution is 2.41. The number of hydrogen-bond donors (Lipinski definition) is 1. The van der Waals surface area contributed by atoms with E-state index in [1.54, 1.807) is 11.3 Å². The highest BCUT2D eigenvalue weighted by atomic mass is 32.1. The van der Waals surface area contributed by atoms with Crippen molar-refractivity contribution in [1.29, 1.82) is 0 Å². The van der Waals surface area contributed by atoms with Crippen LogP contribution >= 0.6 is 11.3 Å². The van der Waals surface area contributed by atoms with Gasteiger partial charge >= 0.3 is 0 Å². The molecule has 0 amide bonds. The molecule has 24 heavy (non-hydrogen) atoms. The largest absolute Gasteiger partial charge is 0.391 e. The molecular formula is C21H39NOS. The second-order valence-corrected chi connectivity index (χ2v) is 9.87. The first-order valence-corrected chi connectivity index (χ1v) is 10.5. The van der Waals surface area contributed by atoms with Crippen LogP contribution < -0.4 is 5.73 Å². The van der Waals surface area contributed by atoms with E-state index in [-0.39, 0.29) is 11.0 Å². The molecule has 1 unspecified atom stereocenters. The molecule has 0 fully saturated rings. The van der Waals surface area contributed by atoms with Crippen LogP contribution in [0.3, 0.4) is 0 Å². The van der Waals surface area contributed by atoms with Gasteiger partial charge in [0.15, 0.2) is 0 Å². The molecule has 2 nitrogen and oxygen atoms in total. The summed E-state index contributed by atoms with van der Waals surface area (Å²) < 4.78 is 6.37. The first kappa shape index (κ1) is 21.5. The summed E-state index contributed by atoms with van der Waals surface area (Å²) in [5, 5.41) is 0.867. The van der Waals surface area contributed by atoms with Crippen LogP contribution in [0.1, 0.15) is 91.4 Å². The lowest BCUT2D eigenvalue weighted by Crippen LogP contribution is -2.42. The standard InChI is InChI=1S/C21H39NOS/c1-7-8-9-10-11-12-13-18(20(2,3)4)21(5,6)23-16-17-14-15-19(22)24-17/h14-15,18H,7-13,16,22H2,1-6H3. The molecule has 0 spiro atoms. The molecule has 0 radical (unpaired) electrons. The molecule has 1 aromatic heterocycles. The maximum atomic E-state index is 6.37. The van der Waals surface area contributed by atoms with E-state index in [0.29, 0.717) is 12.5 Å². The van der Waals surface area contributed by atoms with Gasteiger partial charge in [0.2, 0.25) is 0 Å². The third kappa shape index (κ3) is 7.57. The summed E-state index contributed by atoms with van der Waals surface area (Å²) in [6, 6.07) is 4.05. The fourth-order valence-electron chi connectivity index (χ4n) is 3.78. The van der Waals surface area contributed by atoms with E-state index in [2.05, 4.69) is 47.6 Å². The summed E-state index contributed by atoms with van der Waals surface area (Å²) in [6.45, 7) is 14.5. The van der Waals surface area contributed by atoms with E-state index in [0.717, 1.165) is 5.00 Å². The Kier molecular flexibility index (Phi) is 8.80. The average molecular weight is 354 g/mol. The zero-order valence-electron chi connectivity index (χ0n) is 16.8. The molecule has 1 atom stereocenters. The Balaban J connectivity index is 2.54. The van der Waals surface area contributed by atoms with Crippen molar-refractivity contribution in [3.8, 4) is 0 Å². The fourth-order valence-corrected chi connectivity index (χ4v) is 4.47. The molecule has 1 heterocycles. The molecule has 0 aliphatic rings. The van der Waals surface area contributed by atoms with E-state index in [1.807, 2.05) is 6.07 Å². The maximum absolute atomic E-state index is 6.37. The molecule has 0 aliphatic heterocycles. The van der Waals surface area contributed by atoms with Crippen molar-refractivity contribution < 1.29 is 4.74 Å². The molecule has 3 heteroatoms. The minimum Gasteiger partial charge on any atom is -0.391 e.